The molecule has 2 aliphatic rings. The van der Waals surface area contributed by atoms with Crippen molar-refractivity contribution in [2.24, 2.45) is 0 Å². The topological polar surface area (TPSA) is 59.6 Å². The molecular formula is C19H18Cl2N2O3. The maximum atomic E-state index is 12.2. The van der Waals surface area contributed by atoms with Crippen molar-refractivity contribution in [2.45, 2.75) is 19.3 Å². The average Bonchev–Trinajstić information content (AvgIpc) is 3.26. The van der Waals surface area contributed by atoms with Crippen molar-refractivity contribution in [3.8, 4) is 11.5 Å². The number of hydrogen-bond donors (Lipinski definition) is 2. The van der Waals surface area contributed by atoms with Gasteiger partial charge in [0.25, 0.3) is 0 Å². The van der Waals surface area contributed by atoms with Gasteiger partial charge in [0.2, 0.25) is 0 Å². The van der Waals surface area contributed by atoms with Crippen molar-refractivity contribution >= 4 is 34.9 Å². The van der Waals surface area contributed by atoms with Gasteiger partial charge in [-0.25, -0.2) is 4.79 Å². The molecule has 2 aromatic rings. The van der Waals surface area contributed by atoms with Crippen LogP contribution in [0.2, 0.25) is 10.0 Å². The highest BCUT2D eigenvalue weighted by atomic mass is 35.5. The summed E-state index contributed by atoms with van der Waals surface area (Å²) in [5, 5.41) is 6.53. The van der Waals surface area contributed by atoms with Crippen LogP contribution in [0.1, 0.15) is 16.7 Å². The Balaban J connectivity index is 1.41. The molecule has 0 bridgehead atoms. The summed E-state index contributed by atoms with van der Waals surface area (Å²) in [6, 6.07) is 6.70. The van der Waals surface area contributed by atoms with E-state index in [2.05, 4.69) is 16.7 Å². The second-order valence-corrected chi connectivity index (χ2v) is 7.12. The van der Waals surface area contributed by atoms with Gasteiger partial charge in [0.1, 0.15) is 11.5 Å². The third-order valence-electron chi connectivity index (χ3n) is 4.60. The summed E-state index contributed by atoms with van der Waals surface area (Å²) in [5.74, 6) is 1.92. The first kappa shape index (κ1) is 17.3. The summed E-state index contributed by atoms with van der Waals surface area (Å²) in [5.41, 5.74) is 4.02. The van der Waals surface area contributed by atoms with E-state index in [0.29, 0.717) is 41.9 Å². The Morgan fingerprint density at radius 3 is 2.85 bits per heavy atom. The van der Waals surface area contributed by atoms with Crippen molar-refractivity contribution in [2.75, 3.05) is 25.1 Å². The normalized spacial score (nSPS) is 14.2. The number of anilines is 1. The summed E-state index contributed by atoms with van der Waals surface area (Å²) >= 11 is 12.0. The lowest BCUT2D eigenvalue weighted by Gasteiger charge is -2.14. The first-order valence-electron chi connectivity index (χ1n) is 8.55. The van der Waals surface area contributed by atoms with Crippen LogP contribution in [0.25, 0.3) is 0 Å². The van der Waals surface area contributed by atoms with Crippen LogP contribution in [0.5, 0.6) is 11.5 Å². The predicted octanol–water partition coefficient (Wildman–Crippen LogP) is 4.23. The van der Waals surface area contributed by atoms with Crippen LogP contribution in [-0.4, -0.2) is 25.8 Å². The van der Waals surface area contributed by atoms with Crippen LogP contribution < -0.4 is 20.1 Å². The quantitative estimate of drug-likeness (QED) is 0.818. The third-order valence-corrected chi connectivity index (χ3v) is 5.16. The third kappa shape index (κ3) is 3.41. The van der Waals surface area contributed by atoms with Crippen LogP contribution in [0.15, 0.2) is 24.3 Å². The minimum Gasteiger partial charge on any atom is -0.493 e. The van der Waals surface area contributed by atoms with E-state index < -0.39 is 0 Å². The number of fused-ring (bicyclic) bond motifs is 2. The molecule has 0 saturated carbocycles. The highest BCUT2D eigenvalue weighted by Gasteiger charge is 2.26. The van der Waals surface area contributed by atoms with Crippen molar-refractivity contribution in [1.82, 2.24) is 5.32 Å². The number of rotatable bonds is 4. The zero-order chi connectivity index (χ0) is 18.1. The van der Waals surface area contributed by atoms with Gasteiger partial charge in [-0.3, -0.25) is 0 Å². The fourth-order valence-electron chi connectivity index (χ4n) is 3.41. The molecule has 0 spiro atoms. The first-order chi connectivity index (χ1) is 12.6. The standard InChI is InChI=1S/C19H18Cl2N2O3/c20-12-1-2-15(21)16(10-12)23-19(24)22-6-3-14-13-5-8-25-17(13)9-11-4-7-26-18(11)14/h1-2,9-10H,3-8H2,(H2,22,23,24). The lowest BCUT2D eigenvalue weighted by Crippen LogP contribution is -2.30. The number of carbonyl (C=O) groups excluding carboxylic acids is 1. The Morgan fingerprint density at radius 2 is 1.96 bits per heavy atom. The van der Waals surface area contributed by atoms with Crippen molar-refractivity contribution in [1.29, 1.82) is 0 Å². The molecule has 0 radical (unpaired) electrons. The van der Waals surface area contributed by atoms with Crippen LogP contribution in [-0.2, 0) is 19.3 Å². The summed E-state index contributed by atoms with van der Waals surface area (Å²) in [4.78, 5) is 12.2. The molecule has 0 saturated heterocycles. The molecule has 136 valence electrons. The van der Waals surface area contributed by atoms with Gasteiger partial charge in [0.05, 0.1) is 23.9 Å². The number of amides is 2. The van der Waals surface area contributed by atoms with E-state index in [1.54, 1.807) is 18.2 Å². The number of carbonyl (C=O) groups is 1. The first-order valence-corrected chi connectivity index (χ1v) is 9.30. The molecule has 2 amide bonds. The predicted molar refractivity (Wildman–Crippen MR) is 102 cm³/mol. The highest BCUT2D eigenvalue weighted by molar-refractivity contribution is 6.35. The Kier molecular flexibility index (Phi) is 4.83. The second-order valence-electron chi connectivity index (χ2n) is 6.27. The van der Waals surface area contributed by atoms with Crippen LogP contribution in [0, 0.1) is 0 Å². The van der Waals surface area contributed by atoms with Crippen molar-refractivity contribution in [3.05, 3.63) is 51.0 Å². The molecule has 7 heteroatoms. The SMILES string of the molecule is O=C(NCCc1c2c(cc3c1OCC3)OCC2)Nc1cc(Cl)ccc1Cl. The molecule has 2 aromatic carbocycles. The number of ether oxygens (including phenoxy) is 2. The Morgan fingerprint density at radius 1 is 1.12 bits per heavy atom. The molecule has 2 N–H and O–H groups in total. The Labute approximate surface area is 161 Å². The highest BCUT2D eigenvalue weighted by Crippen LogP contribution is 2.40. The zero-order valence-electron chi connectivity index (χ0n) is 14.0. The molecule has 0 unspecified atom stereocenters. The molecule has 4 rings (SSSR count). The van der Waals surface area contributed by atoms with Gasteiger partial charge in [-0.1, -0.05) is 23.2 Å². The average molecular weight is 393 g/mol. The zero-order valence-corrected chi connectivity index (χ0v) is 15.5. The summed E-state index contributed by atoms with van der Waals surface area (Å²) in [7, 11) is 0. The molecule has 2 heterocycles. The monoisotopic (exact) mass is 392 g/mol. The summed E-state index contributed by atoms with van der Waals surface area (Å²) in [6.07, 6.45) is 2.47. The van der Waals surface area contributed by atoms with Crippen LogP contribution in [0.4, 0.5) is 10.5 Å². The molecule has 0 atom stereocenters. The maximum absolute atomic E-state index is 12.2. The number of nitrogens with one attached hydrogen (secondary N) is 2. The number of urea groups is 1. The molecular weight excluding hydrogens is 375 g/mol. The summed E-state index contributed by atoms with van der Waals surface area (Å²) < 4.78 is 11.5. The second kappa shape index (κ2) is 7.25. The molecule has 5 nitrogen and oxygen atoms in total. The number of halogens is 2. The van der Waals surface area contributed by atoms with Gasteiger partial charge in [-0.05, 0) is 30.7 Å². The minimum absolute atomic E-state index is 0.324. The van der Waals surface area contributed by atoms with Crippen LogP contribution >= 0.6 is 23.2 Å². The minimum atomic E-state index is -0.324. The Hall–Kier alpha value is -2.11. The van der Waals surface area contributed by atoms with E-state index in [9.17, 15) is 4.79 Å². The van der Waals surface area contributed by atoms with Gasteiger partial charge in [0.15, 0.2) is 0 Å². The summed E-state index contributed by atoms with van der Waals surface area (Å²) in [6.45, 7) is 1.88. The van der Waals surface area contributed by atoms with E-state index in [1.165, 1.54) is 11.1 Å². The Bertz CT molecular complexity index is 838. The van der Waals surface area contributed by atoms with E-state index >= 15 is 0 Å². The largest absolute Gasteiger partial charge is 0.493 e. The smallest absolute Gasteiger partial charge is 0.319 e. The van der Waals surface area contributed by atoms with Crippen molar-refractivity contribution in [3.63, 3.8) is 0 Å². The lowest BCUT2D eigenvalue weighted by atomic mass is 9.97. The van der Waals surface area contributed by atoms with Crippen LogP contribution in [0.3, 0.4) is 0 Å². The van der Waals surface area contributed by atoms with E-state index in [4.69, 9.17) is 32.7 Å². The van der Waals surface area contributed by atoms with Gasteiger partial charge in [-0.2, -0.15) is 0 Å². The van der Waals surface area contributed by atoms with Gasteiger partial charge >= 0.3 is 6.03 Å². The molecule has 0 aliphatic carbocycles. The molecule has 26 heavy (non-hydrogen) atoms. The number of benzene rings is 2. The molecule has 0 fully saturated rings. The van der Waals surface area contributed by atoms with Gasteiger partial charge in [0, 0.05) is 41.1 Å². The van der Waals surface area contributed by atoms with E-state index in [0.717, 1.165) is 29.9 Å². The van der Waals surface area contributed by atoms with Crippen molar-refractivity contribution < 1.29 is 14.3 Å². The fourth-order valence-corrected chi connectivity index (χ4v) is 3.75. The van der Waals surface area contributed by atoms with E-state index in [-0.39, 0.29) is 6.03 Å². The van der Waals surface area contributed by atoms with Gasteiger partial charge < -0.3 is 20.1 Å². The lowest BCUT2D eigenvalue weighted by molar-refractivity contribution is 0.252. The van der Waals surface area contributed by atoms with Gasteiger partial charge in [-0.15, -0.1) is 0 Å². The molecule has 2 aliphatic heterocycles. The van der Waals surface area contributed by atoms with E-state index in [1.807, 2.05) is 0 Å². The fraction of sp³-hybridized carbons (Fsp3) is 0.316. The maximum Gasteiger partial charge on any atom is 0.319 e. The number of hydrogen-bond acceptors (Lipinski definition) is 3. The molecule has 0 aromatic heterocycles.